The van der Waals surface area contributed by atoms with Gasteiger partial charge in [0.05, 0.1) is 27.6 Å². The molecule has 0 atom stereocenters. The number of anilines is 1. The number of methoxy groups -OCH3 is 1. The maximum absolute atomic E-state index is 12.3. The van der Waals surface area contributed by atoms with Crippen molar-refractivity contribution in [1.82, 2.24) is 0 Å². The Labute approximate surface area is 131 Å². The summed E-state index contributed by atoms with van der Waals surface area (Å²) in [6.07, 6.45) is 0. The van der Waals surface area contributed by atoms with E-state index >= 15 is 0 Å². The lowest BCUT2D eigenvalue weighted by Crippen LogP contribution is -2.13. The molecule has 116 valence electrons. The Kier molecular flexibility index (Phi) is 4.53. The zero-order valence-corrected chi connectivity index (χ0v) is 12.9. The number of sulfonamides is 1. The highest BCUT2D eigenvalue weighted by molar-refractivity contribution is 7.92. The van der Waals surface area contributed by atoms with Gasteiger partial charge in [0, 0.05) is 18.2 Å². The molecule has 0 amide bonds. The summed E-state index contributed by atoms with van der Waals surface area (Å²) >= 11 is 5.97. The van der Waals surface area contributed by atoms with Crippen LogP contribution in [0, 0.1) is 10.1 Å². The third kappa shape index (κ3) is 3.46. The molecule has 0 saturated heterocycles. The summed E-state index contributed by atoms with van der Waals surface area (Å²) in [5.74, 6) is 0.475. The molecule has 9 heteroatoms. The van der Waals surface area contributed by atoms with Gasteiger partial charge in [0.15, 0.2) is 0 Å². The smallest absolute Gasteiger partial charge is 0.270 e. The number of halogens is 1. The predicted molar refractivity (Wildman–Crippen MR) is 81.9 cm³/mol. The highest BCUT2D eigenvalue weighted by atomic mass is 35.5. The number of hydrogen-bond donors (Lipinski definition) is 1. The van der Waals surface area contributed by atoms with E-state index in [2.05, 4.69) is 4.72 Å². The molecule has 0 aliphatic heterocycles. The monoisotopic (exact) mass is 342 g/mol. The van der Waals surface area contributed by atoms with Crippen molar-refractivity contribution in [3.8, 4) is 5.75 Å². The third-order valence-electron chi connectivity index (χ3n) is 2.76. The average molecular weight is 343 g/mol. The van der Waals surface area contributed by atoms with Crippen LogP contribution in [0.3, 0.4) is 0 Å². The number of benzene rings is 2. The summed E-state index contributed by atoms with van der Waals surface area (Å²) in [4.78, 5) is 9.82. The van der Waals surface area contributed by atoms with Gasteiger partial charge in [-0.25, -0.2) is 8.42 Å². The Morgan fingerprint density at radius 1 is 1.23 bits per heavy atom. The van der Waals surface area contributed by atoms with E-state index in [0.717, 1.165) is 6.07 Å². The molecule has 7 nitrogen and oxygen atoms in total. The van der Waals surface area contributed by atoms with E-state index in [-0.39, 0.29) is 21.3 Å². The van der Waals surface area contributed by atoms with Crippen molar-refractivity contribution < 1.29 is 18.1 Å². The molecular weight excluding hydrogens is 332 g/mol. The molecule has 0 unspecified atom stereocenters. The Bertz CT molecular complexity index is 823. The van der Waals surface area contributed by atoms with Gasteiger partial charge in [-0.15, -0.1) is 0 Å². The van der Waals surface area contributed by atoms with Crippen molar-refractivity contribution >= 4 is 33.0 Å². The Morgan fingerprint density at radius 3 is 2.55 bits per heavy atom. The number of nitro benzene ring substituents is 1. The molecule has 22 heavy (non-hydrogen) atoms. The lowest BCUT2D eigenvalue weighted by molar-refractivity contribution is -0.385. The van der Waals surface area contributed by atoms with Crippen LogP contribution in [0.5, 0.6) is 5.75 Å². The van der Waals surface area contributed by atoms with E-state index in [1.165, 1.54) is 43.5 Å². The van der Waals surface area contributed by atoms with Crippen LogP contribution in [0.1, 0.15) is 0 Å². The average Bonchev–Trinajstić information content (AvgIpc) is 2.49. The van der Waals surface area contributed by atoms with Gasteiger partial charge in [-0.1, -0.05) is 17.7 Å². The molecular formula is C13H11ClN2O5S. The number of nitrogens with one attached hydrogen (secondary N) is 1. The van der Waals surface area contributed by atoms with Crippen LogP contribution in [-0.2, 0) is 10.0 Å². The zero-order chi connectivity index (χ0) is 16.3. The van der Waals surface area contributed by atoms with E-state index in [1.54, 1.807) is 0 Å². The summed E-state index contributed by atoms with van der Waals surface area (Å²) in [6.45, 7) is 0. The molecule has 0 aliphatic carbocycles. The topological polar surface area (TPSA) is 98.5 Å². The molecule has 2 rings (SSSR count). The van der Waals surface area contributed by atoms with Gasteiger partial charge in [0.25, 0.3) is 15.7 Å². The second-order valence-electron chi connectivity index (χ2n) is 4.21. The van der Waals surface area contributed by atoms with Gasteiger partial charge in [0.2, 0.25) is 0 Å². The first-order chi connectivity index (χ1) is 10.3. The van der Waals surface area contributed by atoms with Crippen LogP contribution in [-0.4, -0.2) is 20.5 Å². The molecule has 0 heterocycles. The lowest BCUT2D eigenvalue weighted by atomic mass is 10.3. The highest BCUT2D eigenvalue weighted by Crippen LogP contribution is 2.29. The Balaban J connectivity index is 2.35. The van der Waals surface area contributed by atoms with Gasteiger partial charge < -0.3 is 4.74 Å². The van der Waals surface area contributed by atoms with Crippen molar-refractivity contribution in [3.05, 3.63) is 57.6 Å². The van der Waals surface area contributed by atoms with Crippen molar-refractivity contribution in [2.24, 2.45) is 0 Å². The molecule has 0 bridgehead atoms. The first kappa shape index (κ1) is 16.1. The maximum Gasteiger partial charge on any atom is 0.270 e. The number of ether oxygens (including phenoxy) is 1. The van der Waals surface area contributed by atoms with E-state index in [9.17, 15) is 18.5 Å². The molecule has 0 aliphatic rings. The normalized spacial score (nSPS) is 11.0. The van der Waals surface area contributed by atoms with Gasteiger partial charge in [-0.05, 0) is 18.2 Å². The third-order valence-corrected chi connectivity index (χ3v) is 4.44. The number of nitrogens with zero attached hydrogens (tertiary/aromatic N) is 1. The summed E-state index contributed by atoms with van der Waals surface area (Å²) in [5, 5.41) is 10.9. The maximum atomic E-state index is 12.3. The number of nitro groups is 1. The summed E-state index contributed by atoms with van der Waals surface area (Å²) < 4.78 is 31.8. The fraction of sp³-hybridized carbons (Fsp3) is 0.0769. The van der Waals surface area contributed by atoms with Gasteiger partial charge >= 0.3 is 0 Å². The molecule has 0 aromatic heterocycles. The second kappa shape index (κ2) is 6.20. The Hall–Kier alpha value is -2.32. The molecule has 1 N–H and O–H groups in total. The van der Waals surface area contributed by atoms with E-state index in [0.29, 0.717) is 5.75 Å². The standard InChI is InChI=1S/C13H11ClN2O5S/c1-21-10-5-6-13(12(14)8-10)15-22(19,20)11-4-2-3-9(7-11)16(17)18/h2-8,15H,1H3. The van der Waals surface area contributed by atoms with Crippen LogP contribution < -0.4 is 9.46 Å². The van der Waals surface area contributed by atoms with Crippen LogP contribution in [0.4, 0.5) is 11.4 Å². The van der Waals surface area contributed by atoms with Gasteiger partial charge in [-0.2, -0.15) is 0 Å². The molecule has 0 saturated carbocycles. The quantitative estimate of drug-likeness (QED) is 0.665. The van der Waals surface area contributed by atoms with E-state index in [4.69, 9.17) is 16.3 Å². The van der Waals surface area contributed by atoms with E-state index < -0.39 is 14.9 Å². The van der Waals surface area contributed by atoms with Crippen LogP contribution >= 0.6 is 11.6 Å². The summed E-state index contributed by atoms with van der Waals surface area (Å²) in [5.41, 5.74) is -0.169. The molecule has 0 fully saturated rings. The largest absolute Gasteiger partial charge is 0.497 e. The number of rotatable bonds is 5. The highest BCUT2D eigenvalue weighted by Gasteiger charge is 2.19. The number of non-ortho nitro benzene ring substituents is 1. The molecule has 0 spiro atoms. The van der Waals surface area contributed by atoms with Crippen molar-refractivity contribution in [1.29, 1.82) is 0 Å². The fourth-order valence-electron chi connectivity index (χ4n) is 1.67. The lowest BCUT2D eigenvalue weighted by Gasteiger charge is -2.10. The van der Waals surface area contributed by atoms with Crippen molar-refractivity contribution in [2.75, 3.05) is 11.8 Å². The molecule has 2 aromatic rings. The van der Waals surface area contributed by atoms with E-state index in [1.807, 2.05) is 0 Å². The predicted octanol–water partition coefficient (Wildman–Crippen LogP) is 3.06. The zero-order valence-electron chi connectivity index (χ0n) is 11.3. The number of hydrogen-bond acceptors (Lipinski definition) is 5. The molecule has 0 radical (unpaired) electrons. The van der Waals surface area contributed by atoms with Gasteiger partial charge in [0.1, 0.15) is 5.75 Å². The Morgan fingerprint density at radius 2 is 1.95 bits per heavy atom. The van der Waals surface area contributed by atoms with Crippen LogP contribution in [0.25, 0.3) is 0 Å². The second-order valence-corrected chi connectivity index (χ2v) is 6.30. The SMILES string of the molecule is COc1ccc(NS(=O)(=O)c2cccc([N+](=O)[O-])c2)c(Cl)c1. The van der Waals surface area contributed by atoms with Crippen LogP contribution in [0.2, 0.25) is 5.02 Å². The fourth-order valence-corrected chi connectivity index (χ4v) is 3.07. The van der Waals surface area contributed by atoms with Gasteiger partial charge in [-0.3, -0.25) is 14.8 Å². The summed E-state index contributed by atoms with van der Waals surface area (Å²) in [6, 6.07) is 9.16. The van der Waals surface area contributed by atoms with Crippen molar-refractivity contribution in [2.45, 2.75) is 4.90 Å². The minimum atomic E-state index is -3.99. The minimum absolute atomic E-state index is 0.147. The van der Waals surface area contributed by atoms with Crippen LogP contribution in [0.15, 0.2) is 47.4 Å². The van der Waals surface area contributed by atoms with Crippen molar-refractivity contribution in [3.63, 3.8) is 0 Å². The molecule has 2 aromatic carbocycles. The minimum Gasteiger partial charge on any atom is -0.497 e. The first-order valence-electron chi connectivity index (χ1n) is 5.94. The first-order valence-corrected chi connectivity index (χ1v) is 7.80. The summed E-state index contributed by atoms with van der Waals surface area (Å²) in [7, 11) is -2.53.